The quantitative estimate of drug-likeness (QED) is 0.886. The number of hydrogen-bond acceptors (Lipinski definition) is 3. The van der Waals surface area contributed by atoms with Crippen LogP contribution in [0.3, 0.4) is 0 Å². The third kappa shape index (κ3) is 4.35. The number of nitrogens with zero attached hydrogens (tertiary/aromatic N) is 2. The average molecular weight is 365 g/mol. The van der Waals surface area contributed by atoms with E-state index in [0.29, 0.717) is 38.9 Å². The van der Waals surface area contributed by atoms with Crippen LogP contribution in [0.15, 0.2) is 48.8 Å². The molecule has 2 aromatic rings. The smallest absolute Gasteiger partial charge is 0.226 e. The van der Waals surface area contributed by atoms with Crippen molar-refractivity contribution in [1.82, 2.24) is 15.2 Å². The fraction of sp³-hybridized carbons (Fsp3) is 0.409. The highest BCUT2D eigenvalue weighted by molar-refractivity contribution is 5.83. The van der Waals surface area contributed by atoms with Crippen LogP contribution in [0.4, 0.5) is 0 Å². The highest BCUT2D eigenvalue weighted by atomic mass is 16.2. The predicted molar refractivity (Wildman–Crippen MR) is 106 cm³/mol. The molecule has 0 radical (unpaired) electrons. The number of amides is 2. The van der Waals surface area contributed by atoms with Gasteiger partial charge in [0, 0.05) is 39.0 Å². The molecule has 2 heterocycles. The van der Waals surface area contributed by atoms with Crippen molar-refractivity contribution in [2.75, 3.05) is 19.6 Å². The molecule has 5 nitrogen and oxygen atoms in total. The van der Waals surface area contributed by atoms with Crippen molar-refractivity contribution in [1.29, 1.82) is 0 Å². The Labute approximate surface area is 160 Å². The van der Waals surface area contributed by atoms with Gasteiger partial charge in [0.05, 0.1) is 5.41 Å². The van der Waals surface area contributed by atoms with Gasteiger partial charge in [-0.2, -0.15) is 0 Å². The highest BCUT2D eigenvalue weighted by Gasteiger charge is 2.41. The summed E-state index contributed by atoms with van der Waals surface area (Å²) in [5.74, 6) is 0.179. The fourth-order valence-corrected chi connectivity index (χ4v) is 3.87. The van der Waals surface area contributed by atoms with Gasteiger partial charge in [0.15, 0.2) is 0 Å². The van der Waals surface area contributed by atoms with Gasteiger partial charge in [-0.1, -0.05) is 30.3 Å². The van der Waals surface area contributed by atoms with Crippen LogP contribution < -0.4 is 5.32 Å². The zero-order valence-electron chi connectivity index (χ0n) is 16.1. The van der Waals surface area contributed by atoms with Crippen LogP contribution in [0, 0.1) is 5.41 Å². The van der Waals surface area contributed by atoms with Crippen molar-refractivity contribution < 1.29 is 9.59 Å². The lowest BCUT2D eigenvalue weighted by molar-refractivity contribution is -0.139. The van der Waals surface area contributed by atoms with Gasteiger partial charge in [-0.3, -0.25) is 14.6 Å². The normalized spacial score (nSPS) is 16.0. The molecule has 0 unspecified atom stereocenters. The Morgan fingerprint density at radius 2 is 1.89 bits per heavy atom. The van der Waals surface area contributed by atoms with Crippen LogP contribution in [0.5, 0.6) is 0 Å². The van der Waals surface area contributed by atoms with E-state index in [2.05, 4.69) is 28.5 Å². The minimum atomic E-state index is -0.463. The summed E-state index contributed by atoms with van der Waals surface area (Å²) >= 11 is 0. The molecule has 0 aliphatic carbocycles. The first kappa shape index (κ1) is 19.1. The van der Waals surface area contributed by atoms with Gasteiger partial charge in [-0.05, 0) is 48.9 Å². The van der Waals surface area contributed by atoms with E-state index in [-0.39, 0.29) is 11.8 Å². The van der Waals surface area contributed by atoms with Crippen LogP contribution >= 0.6 is 0 Å². The number of hydrogen-bond donors (Lipinski definition) is 1. The highest BCUT2D eigenvalue weighted by Crippen LogP contribution is 2.36. The van der Waals surface area contributed by atoms with Crippen LogP contribution in [-0.4, -0.2) is 41.3 Å². The van der Waals surface area contributed by atoms with E-state index >= 15 is 0 Å². The van der Waals surface area contributed by atoms with E-state index in [1.54, 1.807) is 13.1 Å². The SMILES string of the molecule is CCNC(=O)C1(Cc2cccc(-c3cccnc3)c2)CCN(C(C)=O)CC1. The number of benzene rings is 1. The third-order valence-electron chi connectivity index (χ3n) is 5.45. The van der Waals surface area contributed by atoms with Crippen LogP contribution in [0.25, 0.3) is 11.1 Å². The van der Waals surface area contributed by atoms with Crippen molar-refractivity contribution in [2.24, 2.45) is 5.41 Å². The fourth-order valence-electron chi connectivity index (χ4n) is 3.87. The van der Waals surface area contributed by atoms with Crippen molar-refractivity contribution >= 4 is 11.8 Å². The number of carbonyl (C=O) groups is 2. The second kappa shape index (κ2) is 8.33. The molecule has 1 aromatic carbocycles. The van der Waals surface area contributed by atoms with E-state index in [1.807, 2.05) is 36.2 Å². The molecule has 5 heteroatoms. The van der Waals surface area contributed by atoms with E-state index in [1.165, 1.54) is 0 Å². The van der Waals surface area contributed by atoms with Crippen molar-refractivity contribution in [3.05, 3.63) is 54.4 Å². The Kier molecular flexibility index (Phi) is 5.89. The first-order valence-electron chi connectivity index (χ1n) is 9.57. The van der Waals surface area contributed by atoms with Crippen LogP contribution in [0.1, 0.15) is 32.3 Å². The molecule has 142 valence electrons. The molecule has 0 atom stereocenters. The van der Waals surface area contributed by atoms with E-state index in [9.17, 15) is 9.59 Å². The molecule has 1 aliphatic heterocycles. The molecule has 1 N–H and O–H groups in total. The molecular weight excluding hydrogens is 338 g/mol. The molecule has 1 aromatic heterocycles. The minimum absolute atomic E-state index is 0.0816. The summed E-state index contributed by atoms with van der Waals surface area (Å²) in [6.45, 7) is 5.42. The molecule has 0 spiro atoms. The van der Waals surface area contributed by atoms with Crippen molar-refractivity contribution in [3.8, 4) is 11.1 Å². The average Bonchev–Trinajstić information content (AvgIpc) is 2.69. The summed E-state index contributed by atoms with van der Waals surface area (Å²) in [5.41, 5.74) is 2.85. The van der Waals surface area contributed by atoms with E-state index < -0.39 is 5.41 Å². The van der Waals surface area contributed by atoms with Gasteiger partial charge >= 0.3 is 0 Å². The Morgan fingerprint density at radius 1 is 1.15 bits per heavy atom. The Balaban J connectivity index is 1.85. The van der Waals surface area contributed by atoms with E-state index in [0.717, 1.165) is 16.7 Å². The van der Waals surface area contributed by atoms with Crippen molar-refractivity contribution in [3.63, 3.8) is 0 Å². The summed E-state index contributed by atoms with van der Waals surface area (Å²) in [5, 5.41) is 3.01. The molecule has 1 aliphatic rings. The van der Waals surface area contributed by atoms with Crippen LogP contribution in [-0.2, 0) is 16.0 Å². The van der Waals surface area contributed by atoms with Gasteiger partial charge in [0.25, 0.3) is 0 Å². The summed E-state index contributed by atoms with van der Waals surface area (Å²) in [6, 6.07) is 12.3. The Hall–Kier alpha value is -2.69. The van der Waals surface area contributed by atoms with E-state index in [4.69, 9.17) is 0 Å². The Morgan fingerprint density at radius 3 is 2.52 bits per heavy atom. The second-order valence-electron chi connectivity index (χ2n) is 7.26. The molecule has 0 bridgehead atoms. The lowest BCUT2D eigenvalue weighted by atomic mass is 9.72. The molecule has 1 fully saturated rings. The molecule has 1 saturated heterocycles. The van der Waals surface area contributed by atoms with Gasteiger partial charge in [0.1, 0.15) is 0 Å². The number of rotatable bonds is 5. The molecule has 0 saturated carbocycles. The van der Waals surface area contributed by atoms with Gasteiger partial charge in [-0.25, -0.2) is 0 Å². The molecule has 2 amide bonds. The summed E-state index contributed by atoms with van der Waals surface area (Å²) in [4.78, 5) is 30.6. The number of pyridine rings is 1. The maximum absolute atomic E-state index is 12.9. The lowest BCUT2D eigenvalue weighted by Crippen LogP contribution is -2.50. The maximum Gasteiger partial charge on any atom is 0.226 e. The molecular formula is C22H27N3O2. The van der Waals surface area contributed by atoms with Gasteiger partial charge < -0.3 is 10.2 Å². The third-order valence-corrected chi connectivity index (χ3v) is 5.45. The maximum atomic E-state index is 12.9. The first-order chi connectivity index (χ1) is 13.0. The number of nitrogens with one attached hydrogen (secondary N) is 1. The number of piperidine rings is 1. The largest absolute Gasteiger partial charge is 0.356 e. The number of likely N-dealkylation sites (tertiary alicyclic amines) is 1. The lowest BCUT2D eigenvalue weighted by Gasteiger charge is -2.40. The summed E-state index contributed by atoms with van der Waals surface area (Å²) in [6.07, 6.45) is 5.67. The van der Waals surface area contributed by atoms with Gasteiger partial charge in [-0.15, -0.1) is 0 Å². The summed E-state index contributed by atoms with van der Waals surface area (Å²) in [7, 11) is 0. The zero-order valence-corrected chi connectivity index (χ0v) is 16.1. The standard InChI is InChI=1S/C22H27N3O2/c1-3-24-21(27)22(9-12-25(13-10-22)17(2)26)15-18-6-4-7-19(14-18)20-8-5-11-23-16-20/h4-8,11,14,16H,3,9-10,12-13,15H2,1-2H3,(H,24,27). The Bertz CT molecular complexity index is 796. The van der Waals surface area contributed by atoms with Crippen molar-refractivity contribution in [2.45, 2.75) is 33.1 Å². The zero-order chi connectivity index (χ0) is 19.3. The first-order valence-corrected chi connectivity index (χ1v) is 9.57. The summed E-state index contributed by atoms with van der Waals surface area (Å²) < 4.78 is 0. The monoisotopic (exact) mass is 365 g/mol. The second-order valence-corrected chi connectivity index (χ2v) is 7.26. The predicted octanol–water partition coefficient (Wildman–Crippen LogP) is 3.06. The molecule has 3 rings (SSSR count). The van der Waals surface area contributed by atoms with Crippen LogP contribution in [0.2, 0.25) is 0 Å². The number of aromatic nitrogens is 1. The number of carbonyl (C=O) groups excluding carboxylic acids is 2. The topological polar surface area (TPSA) is 62.3 Å². The minimum Gasteiger partial charge on any atom is -0.356 e. The van der Waals surface area contributed by atoms with Gasteiger partial charge in [0.2, 0.25) is 11.8 Å². The molecule has 27 heavy (non-hydrogen) atoms.